The maximum atomic E-state index is 13.0. The number of fused-ring (bicyclic) bond motifs is 1. The molecule has 0 radical (unpaired) electrons. The number of hydrogen-bond donors (Lipinski definition) is 0. The van der Waals surface area contributed by atoms with E-state index in [9.17, 15) is 34.6 Å². The summed E-state index contributed by atoms with van der Waals surface area (Å²) in [5.41, 5.74) is -1.16. The average Bonchev–Trinajstić information content (AvgIpc) is 3.12. The Bertz CT molecular complexity index is 1470. The summed E-state index contributed by atoms with van der Waals surface area (Å²) < 4.78 is 10.5. The van der Waals surface area contributed by atoms with Crippen LogP contribution in [0.15, 0.2) is 54.6 Å². The number of imide groups is 1. The summed E-state index contributed by atoms with van der Waals surface area (Å²) in [6, 6.07) is 11.5. The predicted molar refractivity (Wildman–Crippen MR) is 124 cm³/mol. The molecule has 3 aromatic carbocycles. The second kappa shape index (κ2) is 9.43. The van der Waals surface area contributed by atoms with Crippen molar-refractivity contribution >= 4 is 46.4 Å². The molecule has 3 aromatic rings. The summed E-state index contributed by atoms with van der Waals surface area (Å²) >= 11 is 6.31. The molecule has 4 rings (SSSR count). The number of amides is 2. The molecule has 0 saturated carbocycles. The Morgan fingerprint density at radius 1 is 1.00 bits per heavy atom. The topological polar surface area (TPSA) is 159 Å². The number of carbonyl (C=O) groups excluding carboxylic acids is 3. The maximum absolute atomic E-state index is 13.0. The Kier molecular flexibility index (Phi) is 6.36. The third-order valence-electron chi connectivity index (χ3n) is 5.31. The standard InChI is InChI=1S/C23H14ClN3O9/c1-35-19-10-18(25-21(28)14-6-3-7-17(27(33)34)20(14)22(25)29)16(24)9-15(19)23(30)36-11-12-4-2-5-13(8-12)26(31)32/h2-10H,11H2,1H3. The molecule has 0 saturated heterocycles. The van der Waals surface area contributed by atoms with E-state index in [4.69, 9.17) is 21.1 Å². The summed E-state index contributed by atoms with van der Waals surface area (Å²) in [7, 11) is 1.23. The number of non-ortho nitro benzene ring substituents is 1. The Hall–Kier alpha value is -4.84. The van der Waals surface area contributed by atoms with Gasteiger partial charge in [-0.25, -0.2) is 9.69 Å². The Morgan fingerprint density at radius 2 is 1.72 bits per heavy atom. The van der Waals surface area contributed by atoms with Crippen LogP contribution in [0.25, 0.3) is 0 Å². The number of hydrogen-bond acceptors (Lipinski definition) is 9. The summed E-state index contributed by atoms with van der Waals surface area (Å²) in [5, 5.41) is 22.1. The van der Waals surface area contributed by atoms with Crippen molar-refractivity contribution in [2.24, 2.45) is 0 Å². The largest absolute Gasteiger partial charge is 0.496 e. The van der Waals surface area contributed by atoms with Gasteiger partial charge in [-0.05, 0) is 17.7 Å². The highest BCUT2D eigenvalue weighted by atomic mass is 35.5. The number of nitrogens with zero attached hydrogens (tertiary/aromatic N) is 3. The highest BCUT2D eigenvalue weighted by molar-refractivity contribution is 6.40. The van der Waals surface area contributed by atoms with Crippen LogP contribution in [0.1, 0.15) is 36.6 Å². The van der Waals surface area contributed by atoms with Gasteiger partial charge in [0.2, 0.25) is 0 Å². The van der Waals surface area contributed by atoms with Gasteiger partial charge >= 0.3 is 5.97 Å². The molecule has 1 aliphatic heterocycles. The van der Waals surface area contributed by atoms with Crippen molar-refractivity contribution in [1.82, 2.24) is 0 Å². The SMILES string of the molecule is COc1cc(N2C(=O)c3cccc([N+](=O)[O-])c3C2=O)c(Cl)cc1C(=O)OCc1cccc([N+](=O)[O-])c1. The molecule has 0 fully saturated rings. The van der Waals surface area contributed by atoms with E-state index in [1.54, 1.807) is 0 Å². The van der Waals surface area contributed by atoms with E-state index in [0.717, 1.165) is 12.1 Å². The van der Waals surface area contributed by atoms with Crippen LogP contribution in [0.5, 0.6) is 5.75 Å². The van der Waals surface area contributed by atoms with Crippen molar-refractivity contribution < 1.29 is 33.7 Å². The molecule has 13 heteroatoms. The van der Waals surface area contributed by atoms with E-state index in [2.05, 4.69) is 0 Å². The number of benzene rings is 3. The molecule has 0 aromatic heterocycles. The number of nitro groups is 2. The number of halogens is 1. The first kappa shape index (κ1) is 24.3. The van der Waals surface area contributed by atoms with E-state index in [1.807, 2.05) is 0 Å². The van der Waals surface area contributed by atoms with Gasteiger partial charge in [-0.3, -0.25) is 29.8 Å². The zero-order chi connectivity index (χ0) is 26.1. The first-order valence-corrected chi connectivity index (χ1v) is 10.5. The Labute approximate surface area is 206 Å². The minimum atomic E-state index is -0.952. The van der Waals surface area contributed by atoms with Gasteiger partial charge in [-0.2, -0.15) is 0 Å². The highest BCUT2D eigenvalue weighted by Crippen LogP contribution is 2.40. The van der Waals surface area contributed by atoms with Crippen molar-refractivity contribution in [3.63, 3.8) is 0 Å². The normalized spacial score (nSPS) is 12.3. The van der Waals surface area contributed by atoms with Crippen LogP contribution in [-0.4, -0.2) is 34.7 Å². The summed E-state index contributed by atoms with van der Waals surface area (Å²) in [6.07, 6.45) is 0. The quantitative estimate of drug-likeness (QED) is 0.195. The number of nitro benzene ring substituents is 2. The van der Waals surface area contributed by atoms with Crippen LogP contribution < -0.4 is 9.64 Å². The minimum absolute atomic E-state index is 0.0931. The van der Waals surface area contributed by atoms with Crippen molar-refractivity contribution in [2.45, 2.75) is 6.61 Å². The van der Waals surface area contributed by atoms with Gasteiger partial charge in [-0.15, -0.1) is 0 Å². The number of esters is 1. The van der Waals surface area contributed by atoms with Crippen LogP contribution in [0.2, 0.25) is 5.02 Å². The molecule has 0 bridgehead atoms. The van der Waals surface area contributed by atoms with E-state index >= 15 is 0 Å². The smallest absolute Gasteiger partial charge is 0.342 e. The van der Waals surface area contributed by atoms with Gasteiger partial charge in [0, 0.05) is 24.3 Å². The number of ether oxygens (including phenoxy) is 2. The van der Waals surface area contributed by atoms with E-state index in [1.165, 1.54) is 49.6 Å². The lowest BCUT2D eigenvalue weighted by Gasteiger charge is -2.18. The van der Waals surface area contributed by atoms with E-state index < -0.39 is 33.3 Å². The summed E-state index contributed by atoms with van der Waals surface area (Å²) in [5.74, 6) is -2.76. The molecular formula is C23H14ClN3O9. The van der Waals surface area contributed by atoms with E-state index in [-0.39, 0.29) is 45.4 Å². The zero-order valence-corrected chi connectivity index (χ0v) is 19.1. The molecule has 182 valence electrons. The van der Waals surface area contributed by atoms with Crippen LogP contribution in [-0.2, 0) is 11.3 Å². The zero-order valence-electron chi connectivity index (χ0n) is 18.3. The molecule has 0 aliphatic carbocycles. The van der Waals surface area contributed by atoms with Gasteiger partial charge in [0.05, 0.1) is 33.2 Å². The summed E-state index contributed by atoms with van der Waals surface area (Å²) in [6.45, 7) is -0.287. The van der Waals surface area contributed by atoms with Gasteiger partial charge in [0.15, 0.2) is 0 Å². The van der Waals surface area contributed by atoms with Gasteiger partial charge in [0.25, 0.3) is 23.2 Å². The van der Waals surface area contributed by atoms with Crippen LogP contribution in [0, 0.1) is 20.2 Å². The van der Waals surface area contributed by atoms with Crippen molar-refractivity contribution in [3.8, 4) is 5.75 Å². The molecule has 2 amide bonds. The highest BCUT2D eigenvalue weighted by Gasteiger charge is 2.43. The number of anilines is 1. The van der Waals surface area contributed by atoms with E-state index in [0.29, 0.717) is 10.5 Å². The number of methoxy groups -OCH3 is 1. The lowest BCUT2D eigenvalue weighted by Crippen LogP contribution is -2.30. The van der Waals surface area contributed by atoms with Crippen molar-refractivity contribution in [2.75, 3.05) is 12.0 Å². The fourth-order valence-corrected chi connectivity index (χ4v) is 3.92. The molecular weight excluding hydrogens is 498 g/mol. The van der Waals surface area contributed by atoms with Crippen molar-refractivity contribution in [3.05, 3.63) is 102 Å². The summed E-state index contributed by atoms with van der Waals surface area (Å²) in [4.78, 5) is 60.2. The maximum Gasteiger partial charge on any atom is 0.342 e. The molecule has 0 N–H and O–H groups in total. The van der Waals surface area contributed by atoms with Gasteiger partial charge in [-0.1, -0.05) is 29.8 Å². The molecule has 0 spiro atoms. The third kappa shape index (κ3) is 4.20. The van der Waals surface area contributed by atoms with Crippen molar-refractivity contribution in [1.29, 1.82) is 0 Å². The first-order valence-electron chi connectivity index (χ1n) is 10.1. The predicted octanol–water partition coefficient (Wildman–Crippen LogP) is 4.32. The van der Waals surface area contributed by atoms with Crippen LogP contribution in [0.3, 0.4) is 0 Å². The fraction of sp³-hybridized carbons (Fsp3) is 0.0870. The van der Waals surface area contributed by atoms with Crippen LogP contribution >= 0.6 is 11.6 Å². The molecule has 0 atom stereocenters. The molecule has 12 nitrogen and oxygen atoms in total. The lowest BCUT2D eigenvalue weighted by atomic mass is 10.1. The second-order valence-corrected chi connectivity index (χ2v) is 7.82. The first-order chi connectivity index (χ1) is 17.1. The van der Waals surface area contributed by atoms with Gasteiger partial charge < -0.3 is 9.47 Å². The average molecular weight is 512 g/mol. The molecule has 1 heterocycles. The molecule has 1 aliphatic rings. The van der Waals surface area contributed by atoms with Crippen LogP contribution in [0.4, 0.5) is 17.1 Å². The number of carbonyl (C=O) groups is 3. The lowest BCUT2D eigenvalue weighted by molar-refractivity contribution is -0.385. The minimum Gasteiger partial charge on any atom is -0.496 e. The monoisotopic (exact) mass is 511 g/mol. The Balaban J connectivity index is 1.64. The molecule has 36 heavy (non-hydrogen) atoms. The molecule has 0 unspecified atom stereocenters. The van der Waals surface area contributed by atoms with Gasteiger partial charge in [0.1, 0.15) is 23.5 Å². The fourth-order valence-electron chi connectivity index (χ4n) is 3.67. The third-order valence-corrected chi connectivity index (χ3v) is 5.61. The number of rotatable bonds is 7. The Morgan fingerprint density at radius 3 is 2.39 bits per heavy atom. The second-order valence-electron chi connectivity index (χ2n) is 7.41.